The highest BCUT2D eigenvalue weighted by Gasteiger charge is 2.22. The summed E-state index contributed by atoms with van der Waals surface area (Å²) in [6.45, 7) is 0. The normalized spacial score (nSPS) is 24.2. The van der Waals surface area contributed by atoms with Gasteiger partial charge in [0.05, 0.1) is 4.90 Å². The van der Waals surface area contributed by atoms with Gasteiger partial charge in [-0.3, -0.25) is 0 Å². The molecule has 5 heteroatoms. The topological polar surface area (TPSA) is 63.4 Å². The maximum absolute atomic E-state index is 11.4. The van der Waals surface area contributed by atoms with Gasteiger partial charge in [0.25, 0.3) is 0 Å². The van der Waals surface area contributed by atoms with Gasteiger partial charge in [-0.15, -0.1) is 0 Å². The van der Waals surface area contributed by atoms with E-state index in [-0.39, 0.29) is 0 Å². The first-order valence-corrected chi connectivity index (χ1v) is 8.55. The third-order valence-corrected chi connectivity index (χ3v) is 5.09. The molecule has 1 aromatic carbocycles. The molecule has 1 saturated carbocycles. The lowest BCUT2D eigenvalue weighted by molar-refractivity contribution is 0.385. The lowest BCUT2D eigenvalue weighted by Crippen LogP contribution is -2.38. The minimum atomic E-state index is -3.11. The van der Waals surface area contributed by atoms with Gasteiger partial charge in [0.15, 0.2) is 9.84 Å². The van der Waals surface area contributed by atoms with E-state index in [0.29, 0.717) is 17.0 Å². The maximum Gasteiger partial charge on any atom is 0.175 e. The molecule has 106 valence electrons. The second-order valence-corrected chi connectivity index (χ2v) is 7.46. The van der Waals surface area contributed by atoms with Crippen molar-refractivity contribution in [2.24, 2.45) is 5.73 Å². The molecule has 1 aliphatic carbocycles. The average molecular weight is 282 g/mol. The fourth-order valence-electron chi connectivity index (χ4n) is 2.63. The predicted molar refractivity (Wildman–Crippen MR) is 78.2 cm³/mol. The number of nitrogens with zero attached hydrogens (tertiary/aromatic N) is 1. The monoisotopic (exact) mass is 282 g/mol. The van der Waals surface area contributed by atoms with E-state index in [0.717, 1.165) is 31.4 Å². The van der Waals surface area contributed by atoms with Crippen molar-refractivity contribution >= 4 is 15.5 Å². The molecule has 0 bridgehead atoms. The van der Waals surface area contributed by atoms with Gasteiger partial charge in [0.1, 0.15) is 0 Å². The van der Waals surface area contributed by atoms with E-state index in [4.69, 9.17) is 5.73 Å². The third-order valence-electron chi connectivity index (χ3n) is 3.96. The lowest BCUT2D eigenvalue weighted by Gasteiger charge is -2.35. The Bertz CT molecular complexity index is 517. The van der Waals surface area contributed by atoms with Crippen molar-refractivity contribution in [2.45, 2.75) is 42.7 Å². The Morgan fingerprint density at radius 1 is 1.11 bits per heavy atom. The molecule has 0 saturated heterocycles. The second-order valence-electron chi connectivity index (χ2n) is 5.45. The van der Waals surface area contributed by atoms with E-state index in [2.05, 4.69) is 11.9 Å². The van der Waals surface area contributed by atoms with Crippen molar-refractivity contribution in [3.05, 3.63) is 24.3 Å². The summed E-state index contributed by atoms with van der Waals surface area (Å²) < 4.78 is 22.8. The summed E-state index contributed by atoms with van der Waals surface area (Å²) in [4.78, 5) is 2.60. The van der Waals surface area contributed by atoms with Crippen LogP contribution in [0.3, 0.4) is 0 Å². The Hall–Kier alpha value is -1.07. The molecule has 1 fully saturated rings. The lowest BCUT2D eigenvalue weighted by atomic mass is 9.91. The van der Waals surface area contributed by atoms with E-state index in [1.54, 1.807) is 12.1 Å². The van der Waals surface area contributed by atoms with E-state index >= 15 is 0 Å². The molecule has 0 aromatic heterocycles. The van der Waals surface area contributed by atoms with Gasteiger partial charge in [-0.25, -0.2) is 8.42 Å². The first-order chi connectivity index (χ1) is 8.88. The largest absolute Gasteiger partial charge is 0.372 e. The third kappa shape index (κ3) is 3.48. The molecule has 0 unspecified atom stereocenters. The summed E-state index contributed by atoms with van der Waals surface area (Å²) in [5.41, 5.74) is 6.98. The standard InChI is InChI=1S/C14H22N2O2S/c1-16(12-5-3-11(15)4-6-12)13-7-9-14(10-8-13)19(2,17)18/h7-12H,3-6,15H2,1-2H3. The van der Waals surface area contributed by atoms with Crippen LogP contribution in [-0.2, 0) is 9.84 Å². The smallest absolute Gasteiger partial charge is 0.175 e. The molecule has 0 aliphatic heterocycles. The fourth-order valence-corrected chi connectivity index (χ4v) is 3.26. The number of hydrogen-bond acceptors (Lipinski definition) is 4. The van der Waals surface area contributed by atoms with E-state index in [9.17, 15) is 8.42 Å². The van der Waals surface area contributed by atoms with Gasteiger partial charge >= 0.3 is 0 Å². The van der Waals surface area contributed by atoms with Crippen LogP contribution in [0.15, 0.2) is 29.2 Å². The van der Waals surface area contributed by atoms with Gasteiger partial charge in [-0.1, -0.05) is 0 Å². The average Bonchev–Trinajstić information content (AvgIpc) is 2.38. The SMILES string of the molecule is CN(c1ccc(S(C)(=O)=O)cc1)C1CCC(N)CC1. The Labute approximate surface area is 115 Å². The molecule has 2 rings (SSSR count). The Balaban J connectivity index is 2.09. The molecule has 19 heavy (non-hydrogen) atoms. The zero-order valence-electron chi connectivity index (χ0n) is 11.5. The van der Waals surface area contributed by atoms with Gasteiger partial charge < -0.3 is 10.6 Å². The molecular formula is C14H22N2O2S. The molecule has 0 heterocycles. The molecule has 4 nitrogen and oxygen atoms in total. The molecule has 1 aromatic rings. The van der Waals surface area contributed by atoms with Crippen molar-refractivity contribution in [3.63, 3.8) is 0 Å². The summed E-state index contributed by atoms with van der Waals surface area (Å²) in [5.74, 6) is 0. The van der Waals surface area contributed by atoms with Crippen LogP contribution in [0.2, 0.25) is 0 Å². The molecule has 0 amide bonds. The minimum absolute atomic E-state index is 0.345. The highest BCUT2D eigenvalue weighted by molar-refractivity contribution is 7.90. The summed E-state index contributed by atoms with van der Waals surface area (Å²) in [5, 5.41) is 0. The van der Waals surface area contributed by atoms with Crippen molar-refractivity contribution < 1.29 is 8.42 Å². The predicted octanol–water partition coefficient (Wildman–Crippen LogP) is 1.80. The molecule has 0 radical (unpaired) electrons. The van der Waals surface area contributed by atoms with E-state index < -0.39 is 9.84 Å². The number of benzene rings is 1. The first kappa shape index (κ1) is 14.3. The molecule has 0 spiro atoms. The van der Waals surface area contributed by atoms with E-state index in [1.165, 1.54) is 6.26 Å². The molecule has 0 atom stereocenters. The van der Waals surface area contributed by atoms with Crippen LogP contribution in [0.5, 0.6) is 0 Å². The van der Waals surface area contributed by atoms with Crippen molar-refractivity contribution in [1.82, 2.24) is 0 Å². The van der Waals surface area contributed by atoms with E-state index in [1.807, 2.05) is 12.1 Å². The number of nitrogens with two attached hydrogens (primary N) is 1. The molecule has 1 aliphatic rings. The van der Waals surface area contributed by atoms with Crippen LogP contribution < -0.4 is 10.6 Å². The number of sulfone groups is 1. The summed E-state index contributed by atoms with van der Waals surface area (Å²) in [7, 11) is -1.05. The zero-order valence-corrected chi connectivity index (χ0v) is 12.4. The van der Waals surface area contributed by atoms with Crippen LogP contribution in [-0.4, -0.2) is 33.8 Å². The number of anilines is 1. The first-order valence-electron chi connectivity index (χ1n) is 6.66. The van der Waals surface area contributed by atoms with Crippen LogP contribution in [0.25, 0.3) is 0 Å². The quantitative estimate of drug-likeness (QED) is 0.918. The maximum atomic E-state index is 11.4. The Kier molecular flexibility index (Phi) is 4.16. The van der Waals surface area contributed by atoms with Crippen LogP contribution in [0, 0.1) is 0 Å². The number of rotatable bonds is 3. The van der Waals surface area contributed by atoms with Gasteiger partial charge in [-0.05, 0) is 49.9 Å². The summed E-state index contributed by atoms with van der Waals surface area (Å²) >= 11 is 0. The van der Waals surface area contributed by atoms with Crippen molar-refractivity contribution in [3.8, 4) is 0 Å². The van der Waals surface area contributed by atoms with Crippen molar-refractivity contribution in [2.75, 3.05) is 18.2 Å². The van der Waals surface area contributed by atoms with Crippen LogP contribution in [0.4, 0.5) is 5.69 Å². The fraction of sp³-hybridized carbons (Fsp3) is 0.571. The minimum Gasteiger partial charge on any atom is -0.372 e. The number of hydrogen-bond donors (Lipinski definition) is 1. The Morgan fingerprint density at radius 2 is 1.63 bits per heavy atom. The molecule has 2 N–H and O–H groups in total. The zero-order chi connectivity index (χ0) is 14.0. The molecular weight excluding hydrogens is 260 g/mol. The second kappa shape index (κ2) is 5.51. The Morgan fingerprint density at radius 3 is 2.11 bits per heavy atom. The van der Waals surface area contributed by atoms with Crippen LogP contribution in [0.1, 0.15) is 25.7 Å². The van der Waals surface area contributed by atoms with Gasteiger partial charge in [-0.2, -0.15) is 0 Å². The highest BCUT2D eigenvalue weighted by atomic mass is 32.2. The summed E-state index contributed by atoms with van der Waals surface area (Å²) in [6.07, 6.45) is 5.57. The summed E-state index contributed by atoms with van der Waals surface area (Å²) in [6, 6.07) is 7.96. The van der Waals surface area contributed by atoms with Gasteiger partial charge in [0.2, 0.25) is 0 Å². The van der Waals surface area contributed by atoms with Crippen molar-refractivity contribution in [1.29, 1.82) is 0 Å². The van der Waals surface area contributed by atoms with Crippen LogP contribution >= 0.6 is 0 Å². The highest BCUT2D eigenvalue weighted by Crippen LogP contribution is 2.26. The van der Waals surface area contributed by atoms with Gasteiger partial charge in [0, 0.05) is 31.1 Å².